The fraction of sp³-hybridized carbons (Fsp3) is 0.435. The molecule has 8 heteroatoms. The van der Waals surface area contributed by atoms with E-state index in [0.717, 1.165) is 24.5 Å². The molecule has 1 aliphatic rings. The average molecular weight is 441 g/mol. The molecule has 0 bridgehead atoms. The Kier molecular flexibility index (Phi) is 6.38. The Morgan fingerprint density at radius 2 is 1.94 bits per heavy atom. The lowest BCUT2D eigenvalue weighted by atomic mass is 10.0. The molecule has 0 saturated carbocycles. The fourth-order valence-corrected chi connectivity index (χ4v) is 4.52. The summed E-state index contributed by atoms with van der Waals surface area (Å²) in [5, 5.41) is 1.86. The van der Waals surface area contributed by atoms with Gasteiger partial charge in [-0.15, -0.1) is 11.3 Å². The zero-order valence-corrected chi connectivity index (χ0v) is 19.0. The normalized spacial score (nSPS) is 16.1. The van der Waals surface area contributed by atoms with Crippen molar-refractivity contribution in [2.75, 3.05) is 26.2 Å². The molecule has 7 nitrogen and oxygen atoms in total. The van der Waals surface area contributed by atoms with Crippen LogP contribution in [0.2, 0.25) is 0 Å². The number of aromatic nitrogens is 2. The van der Waals surface area contributed by atoms with Crippen molar-refractivity contribution in [3.63, 3.8) is 0 Å². The molecule has 31 heavy (non-hydrogen) atoms. The van der Waals surface area contributed by atoms with Crippen LogP contribution in [0.25, 0.3) is 4.96 Å². The molecule has 1 unspecified atom stereocenters. The van der Waals surface area contributed by atoms with E-state index in [0.29, 0.717) is 30.5 Å². The molecule has 0 radical (unpaired) electrons. The van der Waals surface area contributed by atoms with E-state index in [4.69, 9.17) is 4.74 Å². The summed E-state index contributed by atoms with van der Waals surface area (Å²) in [5.74, 6) is 1.15. The molecule has 3 heterocycles. The molecule has 2 aromatic heterocycles. The molecule has 3 aromatic rings. The first-order chi connectivity index (χ1) is 14.9. The van der Waals surface area contributed by atoms with Crippen molar-refractivity contribution >= 4 is 22.2 Å². The second-order valence-electron chi connectivity index (χ2n) is 8.23. The summed E-state index contributed by atoms with van der Waals surface area (Å²) in [4.78, 5) is 34.4. The lowest BCUT2D eigenvalue weighted by Gasteiger charge is -2.35. The number of nitrogens with zero attached hydrogens (tertiary/aromatic N) is 4. The first-order valence-corrected chi connectivity index (χ1v) is 11.5. The van der Waals surface area contributed by atoms with E-state index in [1.54, 1.807) is 16.7 Å². The molecule has 1 aromatic carbocycles. The highest BCUT2D eigenvalue weighted by atomic mass is 32.1. The van der Waals surface area contributed by atoms with Crippen molar-refractivity contribution in [3.05, 3.63) is 63.5 Å². The van der Waals surface area contributed by atoms with Gasteiger partial charge in [0.25, 0.3) is 11.5 Å². The van der Waals surface area contributed by atoms with Crippen LogP contribution in [0, 0.1) is 0 Å². The van der Waals surface area contributed by atoms with Crippen LogP contribution in [0.1, 0.15) is 37.9 Å². The Morgan fingerprint density at radius 1 is 1.16 bits per heavy atom. The van der Waals surface area contributed by atoms with Crippen molar-refractivity contribution in [1.82, 2.24) is 19.2 Å². The second kappa shape index (κ2) is 9.20. The average Bonchev–Trinajstić information content (AvgIpc) is 3.23. The molecule has 1 atom stereocenters. The minimum Gasteiger partial charge on any atom is -0.481 e. The molecule has 1 saturated heterocycles. The van der Waals surface area contributed by atoms with Gasteiger partial charge >= 0.3 is 0 Å². The first-order valence-electron chi connectivity index (χ1n) is 10.6. The van der Waals surface area contributed by atoms with Crippen LogP contribution in [0.4, 0.5) is 0 Å². The van der Waals surface area contributed by atoms with E-state index in [2.05, 4.69) is 29.8 Å². The Morgan fingerprint density at radius 3 is 2.68 bits per heavy atom. The van der Waals surface area contributed by atoms with Gasteiger partial charge in [0.2, 0.25) is 0 Å². The third-order valence-electron chi connectivity index (χ3n) is 5.61. The molecular weight excluding hydrogens is 412 g/mol. The monoisotopic (exact) mass is 440 g/mol. The Bertz CT molecular complexity index is 1120. The lowest BCUT2D eigenvalue weighted by molar-refractivity contribution is -0.139. The van der Waals surface area contributed by atoms with Crippen molar-refractivity contribution in [1.29, 1.82) is 0 Å². The number of rotatable bonds is 6. The number of amides is 1. The molecule has 0 spiro atoms. The predicted molar refractivity (Wildman–Crippen MR) is 122 cm³/mol. The molecule has 164 valence electrons. The molecular formula is C23H28N4O3S. The SMILES string of the molecule is CC(Oc1cccc(C(C)C)c1)C(=O)N1CCN(Cc2cc(=O)n3ccsc3n2)CC1. The summed E-state index contributed by atoms with van der Waals surface area (Å²) in [5.41, 5.74) is 1.91. The van der Waals surface area contributed by atoms with E-state index in [9.17, 15) is 9.59 Å². The van der Waals surface area contributed by atoms with Gasteiger partial charge in [0.05, 0.1) is 5.69 Å². The van der Waals surface area contributed by atoms with Gasteiger partial charge in [-0.3, -0.25) is 18.9 Å². The van der Waals surface area contributed by atoms with Crippen molar-refractivity contribution < 1.29 is 9.53 Å². The number of carbonyl (C=O) groups is 1. The van der Waals surface area contributed by atoms with Gasteiger partial charge in [-0.2, -0.15) is 0 Å². The summed E-state index contributed by atoms with van der Waals surface area (Å²) < 4.78 is 7.50. The molecule has 1 aliphatic heterocycles. The quantitative estimate of drug-likeness (QED) is 0.590. The smallest absolute Gasteiger partial charge is 0.263 e. The molecule has 1 fully saturated rings. The van der Waals surface area contributed by atoms with Crippen molar-refractivity contribution in [3.8, 4) is 5.75 Å². The third kappa shape index (κ3) is 4.97. The van der Waals surface area contributed by atoms with E-state index in [1.807, 2.05) is 35.4 Å². The van der Waals surface area contributed by atoms with Crippen molar-refractivity contribution in [2.24, 2.45) is 0 Å². The minimum absolute atomic E-state index is 0.00553. The Balaban J connectivity index is 1.31. The van der Waals surface area contributed by atoms with Gasteiger partial charge in [0, 0.05) is 50.4 Å². The highest BCUT2D eigenvalue weighted by Crippen LogP contribution is 2.21. The number of thiazole rings is 1. The summed E-state index contributed by atoms with van der Waals surface area (Å²) >= 11 is 1.45. The number of benzene rings is 1. The zero-order valence-electron chi connectivity index (χ0n) is 18.2. The van der Waals surface area contributed by atoms with Crippen LogP contribution in [0.15, 0.2) is 46.7 Å². The first kappa shape index (κ1) is 21.5. The number of carbonyl (C=O) groups excluding carboxylic acids is 1. The molecule has 1 amide bonds. The van der Waals surface area contributed by atoms with Gasteiger partial charge in [0.1, 0.15) is 5.75 Å². The zero-order chi connectivity index (χ0) is 22.0. The van der Waals surface area contributed by atoms with Gasteiger partial charge in [-0.05, 0) is 30.5 Å². The molecule has 4 rings (SSSR count). The Labute approximate surface area is 185 Å². The second-order valence-corrected chi connectivity index (χ2v) is 9.10. The highest BCUT2D eigenvalue weighted by molar-refractivity contribution is 7.15. The van der Waals surface area contributed by atoms with Gasteiger partial charge in [-0.25, -0.2) is 4.98 Å². The number of piperazine rings is 1. The number of ether oxygens (including phenoxy) is 1. The van der Waals surface area contributed by atoms with E-state index in [1.165, 1.54) is 16.9 Å². The maximum absolute atomic E-state index is 12.9. The van der Waals surface area contributed by atoms with E-state index < -0.39 is 6.10 Å². The summed E-state index contributed by atoms with van der Waals surface area (Å²) in [7, 11) is 0. The fourth-order valence-electron chi connectivity index (χ4n) is 3.78. The third-order valence-corrected chi connectivity index (χ3v) is 6.37. The maximum Gasteiger partial charge on any atom is 0.263 e. The number of hydrogen-bond donors (Lipinski definition) is 0. The number of hydrogen-bond acceptors (Lipinski definition) is 6. The number of fused-ring (bicyclic) bond motifs is 1. The van der Waals surface area contributed by atoms with Crippen LogP contribution in [-0.2, 0) is 11.3 Å². The topological polar surface area (TPSA) is 67.2 Å². The minimum atomic E-state index is -0.531. The summed E-state index contributed by atoms with van der Waals surface area (Å²) in [6.07, 6.45) is 1.21. The van der Waals surface area contributed by atoms with Gasteiger partial charge in [0.15, 0.2) is 11.1 Å². The molecule has 0 N–H and O–H groups in total. The van der Waals surface area contributed by atoms with Crippen LogP contribution in [-0.4, -0.2) is 57.4 Å². The van der Waals surface area contributed by atoms with Crippen molar-refractivity contribution in [2.45, 2.75) is 39.3 Å². The Hall–Kier alpha value is -2.71. The van der Waals surface area contributed by atoms with E-state index in [-0.39, 0.29) is 11.5 Å². The van der Waals surface area contributed by atoms with Crippen LogP contribution >= 0.6 is 11.3 Å². The summed E-state index contributed by atoms with van der Waals surface area (Å²) in [6, 6.07) is 9.54. The van der Waals surface area contributed by atoms with Gasteiger partial charge < -0.3 is 9.64 Å². The standard InChI is InChI=1S/C23H28N4O3S/c1-16(2)18-5-4-6-20(13-18)30-17(3)22(29)26-9-7-25(8-10-26)15-19-14-21(28)27-11-12-31-23(27)24-19/h4-6,11-14,16-17H,7-10,15H2,1-3H3. The highest BCUT2D eigenvalue weighted by Gasteiger charge is 2.26. The summed E-state index contributed by atoms with van der Waals surface area (Å²) in [6.45, 7) is 9.46. The van der Waals surface area contributed by atoms with Crippen LogP contribution < -0.4 is 10.3 Å². The van der Waals surface area contributed by atoms with Crippen LogP contribution in [0.3, 0.4) is 0 Å². The maximum atomic E-state index is 12.9. The lowest BCUT2D eigenvalue weighted by Crippen LogP contribution is -2.51. The molecule has 0 aliphatic carbocycles. The van der Waals surface area contributed by atoms with E-state index >= 15 is 0 Å². The predicted octanol–water partition coefficient (Wildman–Crippen LogP) is 2.99. The van der Waals surface area contributed by atoms with Gasteiger partial charge in [-0.1, -0.05) is 26.0 Å². The largest absolute Gasteiger partial charge is 0.481 e. The van der Waals surface area contributed by atoms with Crippen LogP contribution in [0.5, 0.6) is 5.75 Å².